The fourth-order valence-electron chi connectivity index (χ4n) is 1.55. The Morgan fingerprint density at radius 3 is 2.57 bits per heavy atom. The summed E-state index contributed by atoms with van der Waals surface area (Å²) in [6.45, 7) is 7.01. The summed E-state index contributed by atoms with van der Waals surface area (Å²) in [6, 6.07) is 0. The molecule has 1 heterocycles. The minimum absolute atomic E-state index is 0.0184. The Bertz CT molecular complexity index is 479. The van der Waals surface area contributed by atoms with Gasteiger partial charge in [0.05, 0.1) is 11.5 Å². The van der Waals surface area contributed by atoms with Crippen LogP contribution in [-0.4, -0.2) is 41.8 Å². The summed E-state index contributed by atoms with van der Waals surface area (Å²) in [5.41, 5.74) is -0.232. The zero-order valence-electron chi connectivity index (χ0n) is 12.9. The van der Waals surface area contributed by atoms with Gasteiger partial charge in [-0.2, -0.15) is 4.98 Å². The monoisotopic (exact) mass is 298 g/mol. The zero-order chi connectivity index (χ0) is 15.8. The summed E-state index contributed by atoms with van der Waals surface area (Å²) >= 11 is 0. The molecule has 8 nitrogen and oxygen atoms in total. The maximum atomic E-state index is 11.3. The molecule has 0 radical (unpaired) electrons. The molecule has 0 bridgehead atoms. The van der Waals surface area contributed by atoms with E-state index in [2.05, 4.69) is 15.3 Å². The van der Waals surface area contributed by atoms with Gasteiger partial charge in [0.25, 0.3) is 5.88 Å². The number of nitrogens with zero attached hydrogens (tertiary/aromatic N) is 3. The van der Waals surface area contributed by atoms with Crippen molar-refractivity contribution >= 4 is 11.5 Å². The molecular weight excluding hydrogens is 276 g/mol. The lowest BCUT2D eigenvalue weighted by Gasteiger charge is -2.12. The van der Waals surface area contributed by atoms with Crippen LogP contribution in [0.3, 0.4) is 0 Å². The van der Waals surface area contributed by atoms with Crippen molar-refractivity contribution in [3.63, 3.8) is 0 Å². The van der Waals surface area contributed by atoms with Crippen LogP contribution in [0.1, 0.15) is 26.6 Å². The molecular formula is C13H22N4O4. The van der Waals surface area contributed by atoms with E-state index in [1.54, 1.807) is 0 Å². The lowest BCUT2D eigenvalue weighted by Crippen LogP contribution is -2.15. The molecule has 0 atom stereocenters. The van der Waals surface area contributed by atoms with Crippen molar-refractivity contribution in [3.05, 3.63) is 15.9 Å². The second kappa shape index (κ2) is 8.35. The molecule has 0 aliphatic carbocycles. The largest absolute Gasteiger partial charge is 0.470 e. The highest BCUT2D eigenvalue weighted by Gasteiger charge is 2.26. The Kier molecular flexibility index (Phi) is 6.80. The second-order valence-corrected chi connectivity index (χ2v) is 4.87. The van der Waals surface area contributed by atoms with E-state index in [9.17, 15) is 10.1 Å². The molecule has 8 heteroatoms. The first-order valence-electron chi connectivity index (χ1n) is 6.90. The summed E-state index contributed by atoms with van der Waals surface area (Å²) in [5.74, 6) is 1.02. The van der Waals surface area contributed by atoms with Gasteiger partial charge < -0.3 is 14.8 Å². The minimum atomic E-state index is -0.524. The van der Waals surface area contributed by atoms with E-state index in [4.69, 9.17) is 9.47 Å². The Balaban J connectivity index is 3.12. The third kappa shape index (κ3) is 5.14. The lowest BCUT2D eigenvalue weighted by atomic mass is 10.2. The van der Waals surface area contributed by atoms with Crippen LogP contribution in [-0.2, 0) is 11.2 Å². The van der Waals surface area contributed by atoms with Crippen molar-refractivity contribution in [1.82, 2.24) is 9.97 Å². The van der Waals surface area contributed by atoms with Gasteiger partial charge in [-0.25, -0.2) is 4.98 Å². The Morgan fingerprint density at radius 2 is 2.05 bits per heavy atom. The SMILES string of the molecule is CCc1nc(NCC(C)C)c([N+](=O)[O-])c(OCCOC)n1. The molecule has 118 valence electrons. The van der Waals surface area contributed by atoms with Gasteiger partial charge in [0.15, 0.2) is 0 Å². The standard InChI is InChI=1S/C13H22N4O4/c1-5-10-15-12(14-8-9(2)3)11(17(18)19)13(16-10)21-7-6-20-4/h9H,5-8H2,1-4H3,(H,14,15,16). The number of aromatic nitrogens is 2. The highest BCUT2D eigenvalue weighted by Crippen LogP contribution is 2.32. The summed E-state index contributed by atoms with van der Waals surface area (Å²) < 4.78 is 10.2. The van der Waals surface area contributed by atoms with E-state index in [0.29, 0.717) is 31.3 Å². The molecule has 21 heavy (non-hydrogen) atoms. The number of ether oxygens (including phenoxy) is 2. The Labute approximate surface area is 124 Å². The number of rotatable bonds is 9. The fourth-order valence-corrected chi connectivity index (χ4v) is 1.55. The second-order valence-electron chi connectivity index (χ2n) is 4.87. The number of aryl methyl sites for hydroxylation is 1. The Morgan fingerprint density at radius 1 is 1.33 bits per heavy atom. The molecule has 1 aromatic heterocycles. The highest BCUT2D eigenvalue weighted by molar-refractivity contribution is 5.61. The van der Waals surface area contributed by atoms with Crippen LogP contribution in [0.15, 0.2) is 0 Å². The molecule has 0 spiro atoms. The molecule has 0 fully saturated rings. The van der Waals surface area contributed by atoms with Crippen LogP contribution >= 0.6 is 0 Å². The summed E-state index contributed by atoms with van der Waals surface area (Å²) in [4.78, 5) is 19.1. The molecule has 0 aliphatic heterocycles. The first kappa shape index (κ1) is 17.1. The molecule has 0 aromatic carbocycles. The fraction of sp³-hybridized carbons (Fsp3) is 0.692. The first-order chi connectivity index (χ1) is 9.99. The maximum absolute atomic E-state index is 11.3. The van der Waals surface area contributed by atoms with Crippen LogP contribution in [0.2, 0.25) is 0 Å². The molecule has 0 saturated carbocycles. The quantitative estimate of drug-likeness (QED) is 0.423. The van der Waals surface area contributed by atoms with Crippen molar-refractivity contribution in [3.8, 4) is 5.88 Å². The van der Waals surface area contributed by atoms with E-state index in [-0.39, 0.29) is 24.0 Å². The van der Waals surface area contributed by atoms with Crippen LogP contribution in [0.25, 0.3) is 0 Å². The van der Waals surface area contributed by atoms with Crippen molar-refractivity contribution in [1.29, 1.82) is 0 Å². The van der Waals surface area contributed by atoms with Gasteiger partial charge >= 0.3 is 5.69 Å². The van der Waals surface area contributed by atoms with E-state index >= 15 is 0 Å². The van der Waals surface area contributed by atoms with Gasteiger partial charge in [-0.1, -0.05) is 20.8 Å². The molecule has 0 amide bonds. The van der Waals surface area contributed by atoms with Crippen LogP contribution in [0.4, 0.5) is 11.5 Å². The summed E-state index contributed by atoms with van der Waals surface area (Å²) in [7, 11) is 1.53. The van der Waals surface area contributed by atoms with Crippen molar-refractivity contribution in [2.45, 2.75) is 27.2 Å². The maximum Gasteiger partial charge on any atom is 0.372 e. The average Bonchev–Trinajstić information content (AvgIpc) is 2.44. The van der Waals surface area contributed by atoms with Crippen LogP contribution in [0, 0.1) is 16.0 Å². The predicted octanol–water partition coefficient (Wildman–Crippen LogP) is 2.04. The number of hydrogen-bond donors (Lipinski definition) is 1. The molecule has 0 saturated heterocycles. The van der Waals surface area contributed by atoms with Gasteiger partial charge in [0.1, 0.15) is 12.4 Å². The van der Waals surface area contributed by atoms with Gasteiger partial charge in [-0.05, 0) is 5.92 Å². The number of nitro groups is 1. The summed E-state index contributed by atoms with van der Waals surface area (Å²) in [5, 5.41) is 14.3. The van der Waals surface area contributed by atoms with E-state index in [0.717, 1.165) is 0 Å². The topological polar surface area (TPSA) is 99.4 Å². The minimum Gasteiger partial charge on any atom is -0.470 e. The van der Waals surface area contributed by atoms with Crippen molar-refractivity contribution in [2.75, 3.05) is 32.2 Å². The average molecular weight is 298 g/mol. The highest BCUT2D eigenvalue weighted by atomic mass is 16.6. The Hall–Kier alpha value is -1.96. The molecule has 0 unspecified atom stereocenters. The lowest BCUT2D eigenvalue weighted by molar-refractivity contribution is -0.385. The molecule has 1 rings (SSSR count). The number of methoxy groups -OCH3 is 1. The van der Waals surface area contributed by atoms with Gasteiger partial charge in [0, 0.05) is 20.1 Å². The normalized spacial score (nSPS) is 10.7. The number of hydrogen-bond acceptors (Lipinski definition) is 7. The van der Waals surface area contributed by atoms with E-state index < -0.39 is 4.92 Å². The van der Waals surface area contributed by atoms with Crippen LogP contribution in [0.5, 0.6) is 5.88 Å². The zero-order valence-corrected chi connectivity index (χ0v) is 12.9. The molecule has 1 aromatic rings. The van der Waals surface area contributed by atoms with Gasteiger partial charge in [-0.15, -0.1) is 0 Å². The van der Waals surface area contributed by atoms with E-state index in [1.165, 1.54) is 7.11 Å². The molecule has 0 aliphatic rings. The molecule has 1 N–H and O–H groups in total. The number of nitrogens with one attached hydrogen (secondary N) is 1. The summed E-state index contributed by atoms with van der Waals surface area (Å²) in [6.07, 6.45) is 0.564. The number of anilines is 1. The van der Waals surface area contributed by atoms with Gasteiger partial charge in [0.2, 0.25) is 5.82 Å². The smallest absolute Gasteiger partial charge is 0.372 e. The van der Waals surface area contributed by atoms with Crippen molar-refractivity contribution in [2.24, 2.45) is 5.92 Å². The third-order valence-electron chi connectivity index (χ3n) is 2.60. The van der Waals surface area contributed by atoms with Gasteiger partial charge in [-0.3, -0.25) is 10.1 Å². The van der Waals surface area contributed by atoms with Crippen molar-refractivity contribution < 1.29 is 14.4 Å². The van der Waals surface area contributed by atoms with E-state index in [1.807, 2.05) is 20.8 Å². The first-order valence-corrected chi connectivity index (χ1v) is 6.90. The van der Waals surface area contributed by atoms with Crippen LogP contribution < -0.4 is 10.1 Å². The predicted molar refractivity (Wildman–Crippen MR) is 78.8 cm³/mol. The third-order valence-corrected chi connectivity index (χ3v) is 2.60.